The first-order valence-corrected chi connectivity index (χ1v) is 7.56. The van der Waals surface area contributed by atoms with Crippen LogP contribution in [0.25, 0.3) is 0 Å². The van der Waals surface area contributed by atoms with Crippen LogP contribution in [0.3, 0.4) is 0 Å². The topological polar surface area (TPSA) is 55.6 Å². The van der Waals surface area contributed by atoms with E-state index in [2.05, 4.69) is 20.8 Å². The number of hydrogen-bond acceptors (Lipinski definition) is 3. The molecule has 1 aliphatic carbocycles. The Morgan fingerprint density at radius 2 is 2.05 bits per heavy atom. The highest BCUT2D eigenvalue weighted by atomic mass is 16.5. The first-order chi connectivity index (χ1) is 8.89. The maximum absolute atomic E-state index is 12.5. The molecule has 19 heavy (non-hydrogen) atoms. The third-order valence-electron chi connectivity index (χ3n) is 4.56. The third kappa shape index (κ3) is 3.48. The van der Waals surface area contributed by atoms with Crippen molar-refractivity contribution in [2.75, 3.05) is 13.2 Å². The molecular formula is C15H28N2O2. The van der Waals surface area contributed by atoms with Gasteiger partial charge in [0, 0.05) is 19.0 Å². The maximum atomic E-state index is 12.5. The summed E-state index contributed by atoms with van der Waals surface area (Å²) in [5.74, 6) is 0.211. The second kappa shape index (κ2) is 5.80. The molecule has 4 heteroatoms. The lowest BCUT2D eigenvalue weighted by atomic mass is 9.84. The van der Waals surface area contributed by atoms with Gasteiger partial charge in [-0.1, -0.05) is 33.6 Å². The molecule has 0 radical (unpaired) electrons. The van der Waals surface area contributed by atoms with Crippen LogP contribution in [0.2, 0.25) is 0 Å². The molecule has 1 heterocycles. The van der Waals surface area contributed by atoms with E-state index in [1.165, 1.54) is 12.8 Å². The van der Waals surface area contributed by atoms with Crippen LogP contribution in [0.15, 0.2) is 0 Å². The van der Waals surface area contributed by atoms with E-state index in [1.807, 2.05) is 4.90 Å². The zero-order valence-electron chi connectivity index (χ0n) is 12.5. The number of carbonyl (C=O) groups is 1. The number of hydrogen-bond donors (Lipinski definition) is 1. The average Bonchev–Trinajstić information content (AvgIpc) is 2.36. The molecule has 110 valence electrons. The number of amides is 1. The monoisotopic (exact) mass is 268 g/mol. The van der Waals surface area contributed by atoms with Crippen molar-refractivity contribution in [3.63, 3.8) is 0 Å². The lowest BCUT2D eigenvalue weighted by Crippen LogP contribution is -2.56. The number of fused-ring (bicyclic) bond motifs is 1. The van der Waals surface area contributed by atoms with E-state index in [9.17, 15) is 4.79 Å². The van der Waals surface area contributed by atoms with E-state index >= 15 is 0 Å². The summed E-state index contributed by atoms with van der Waals surface area (Å²) in [6.45, 7) is 7.68. The molecule has 3 unspecified atom stereocenters. The van der Waals surface area contributed by atoms with Crippen LogP contribution in [0.4, 0.5) is 0 Å². The van der Waals surface area contributed by atoms with Gasteiger partial charge in [-0.05, 0) is 18.3 Å². The van der Waals surface area contributed by atoms with Crippen molar-refractivity contribution < 1.29 is 9.53 Å². The van der Waals surface area contributed by atoms with Crippen LogP contribution < -0.4 is 5.73 Å². The van der Waals surface area contributed by atoms with Crippen molar-refractivity contribution in [3.8, 4) is 0 Å². The largest absolute Gasteiger partial charge is 0.374 e. The molecule has 0 aromatic heterocycles. The minimum atomic E-state index is -0.0788. The first-order valence-electron chi connectivity index (χ1n) is 7.56. The lowest BCUT2D eigenvalue weighted by molar-refractivity contribution is -0.150. The Labute approximate surface area is 116 Å². The zero-order valence-corrected chi connectivity index (χ0v) is 12.5. The van der Waals surface area contributed by atoms with Gasteiger partial charge in [0.1, 0.15) is 0 Å². The maximum Gasteiger partial charge on any atom is 0.224 e. The van der Waals surface area contributed by atoms with Gasteiger partial charge in [0.2, 0.25) is 5.91 Å². The molecule has 2 fully saturated rings. The van der Waals surface area contributed by atoms with E-state index in [4.69, 9.17) is 10.5 Å². The van der Waals surface area contributed by atoms with Crippen molar-refractivity contribution in [2.24, 2.45) is 11.1 Å². The fourth-order valence-electron chi connectivity index (χ4n) is 3.02. The first kappa shape index (κ1) is 14.8. The van der Waals surface area contributed by atoms with Crippen LogP contribution in [-0.2, 0) is 9.53 Å². The van der Waals surface area contributed by atoms with Crippen LogP contribution in [0, 0.1) is 5.41 Å². The highest BCUT2D eigenvalue weighted by Crippen LogP contribution is 2.29. The minimum absolute atomic E-state index is 0.0199. The van der Waals surface area contributed by atoms with Gasteiger partial charge in [-0.25, -0.2) is 0 Å². The number of ether oxygens (including phenoxy) is 1. The van der Waals surface area contributed by atoms with Crippen molar-refractivity contribution in [3.05, 3.63) is 0 Å². The summed E-state index contributed by atoms with van der Waals surface area (Å²) in [6, 6.07) is 0.215. The second-order valence-electron chi connectivity index (χ2n) is 7.02. The number of nitrogens with zero attached hydrogens (tertiary/aromatic N) is 1. The Balaban J connectivity index is 1.97. The van der Waals surface area contributed by atoms with E-state index < -0.39 is 0 Å². The normalized spacial score (nSPS) is 29.8. The molecule has 4 nitrogen and oxygen atoms in total. The Kier molecular flexibility index (Phi) is 4.51. The molecule has 1 saturated heterocycles. The molecule has 1 amide bonds. The molecule has 2 N–H and O–H groups in total. The van der Waals surface area contributed by atoms with Crippen molar-refractivity contribution in [1.82, 2.24) is 4.90 Å². The Bertz CT molecular complexity index is 323. The van der Waals surface area contributed by atoms with Gasteiger partial charge in [0.25, 0.3) is 0 Å². The molecule has 0 aromatic carbocycles. The van der Waals surface area contributed by atoms with Gasteiger partial charge >= 0.3 is 0 Å². The average molecular weight is 268 g/mol. The van der Waals surface area contributed by atoms with Gasteiger partial charge in [0.05, 0.1) is 18.8 Å². The van der Waals surface area contributed by atoms with Gasteiger partial charge in [-0.3, -0.25) is 4.79 Å². The van der Waals surface area contributed by atoms with Crippen molar-refractivity contribution >= 4 is 5.91 Å². The predicted molar refractivity (Wildman–Crippen MR) is 75.8 cm³/mol. The number of rotatable bonds is 2. The highest BCUT2D eigenvalue weighted by Gasteiger charge is 2.37. The summed E-state index contributed by atoms with van der Waals surface area (Å²) >= 11 is 0. The molecular weight excluding hydrogens is 240 g/mol. The van der Waals surface area contributed by atoms with Crippen molar-refractivity contribution in [2.45, 2.75) is 71.1 Å². The third-order valence-corrected chi connectivity index (χ3v) is 4.56. The summed E-state index contributed by atoms with van der Waals surface area (Å²) in [7, 11) is 0. The SMILES string of the molecule is CC(C)(C)C(N)CC(=O)N1CCOC2CCCCC21. The fourth-order valence-corrected chi connectivity index (χ4v) is 3.02. The van der Waals surface area contributed by atoms with E-state index in [-0.39, 0.29) is 23.5 Å². The zero-order chi connectivity index (χ0) is 14.0. The quantitative estimate of drug-likeness (QED) is 0.832. The number of nitrogens with two attached hydrogens (primary N) is 1. The summed E-state index contributed by atoms with van der Waals surface area (Å²) in [4.78, 5) is 14.5. The predicted octanol–water partition coefficient (Wildman–Crippen LogP) is 1.92. The van der Waals surface area contributed by atoms with Gasteiger partial charge < -0.3 is 15.4 Å². The van der Waals surface area contributed by atoms with Crippen LogP contribution in [0.5, 0.6) is 0 Å². The standard InChI is InChI=1S/C15H28N2O2/c1-15(2,3)13(16)10-14(18)17-8-9-19-12-7-5-4-6-11(12)17/h11-13H,4-10,16H2,1-3H3. The molecule has 0 aromatic rings. The molecule has 0 bridgehead atoms. The van der Waals surface area contributed by atoms with E-state index in [0.717, 1.165) is 19.4 Å². The van der Waals surface area contributed by atoms with E-state index in [1.54, 1.807) is 0 Å². The lowest BCUT2D eigenvalue weighted by Gasteiger charge is -2.44. The van der Waals surface area contributed by atoms with Crippen LogP contribution in [0.1, 0.15) is 52.9 Å². The molecule has 2 rings (SSSR count). The fraction of sp³-hybridized carbons (Fsp3) is 0.933. The smallest absolute Gasteiger partial charge is 0.224 e. The van der Waals surface area contributed by atoms with Crippen molar-refractivity contribution in [1.29, 1.82) is 0 Å². The molecule has 1 aliphatic heterocycles. The molecule has 0 spiro atoms. The summed E-state index contributed by atoms with van der Waals surface area (Å²) in [6.07, 6.45) is 5.33. The molecule has 3 atom stereocenters. The number of carbonyl (C=O) groups excluding carboxylic acids is 1. The van der Waals surface area contributed by atoms with Crippen LogP contribution in [-0.4, -0.2) is 42.1 Å². The summed E-state index contributed by atoms with van der Waals surface area (Å²) < 4.78 is 5.81. The summed E-state index contributed by atoms with van der Waals surface area (Å²) in [5.41, 5.74) is 6.13. The Hall–Kier alpha value is -0.610. The minimum Gasteiger partial charge on any atom is -0.374 e. The molecule has 2 aliphatic rings. The summed E-state index contributed by atoms with van der Waals surface area (Å²) in [5, 5.41) is 0. The van der Waals surface area contributed by atoms with Crippen LogP contribution >= 0.6 is 0 Å². The van der Waals surface area contributed by atoms with Gasteiger partial charge in [-0.15, -0.1) is 0 Å². The highest BCUT2D eigenvalue weighted by molar-refractivity contribution is 5.77. The second-order valence-corrected chi connectivity index (χ2v) is 7.02. The Morgan fingerprint density at radius 1 is 1.37 bits per heavy atom. The van der Waals surface area contributed by atoms with E-state index in [0.29, 0.717) is 19.1 Å². The Morgan fingerprint density at radius 3 is 2.74 bits per heavy atom. The molecule has 1 saturated carbocycles. The van der Waals surface area contributed by atoms with Gasteiger partial charge in [0.15, 0.2) is 0 Å². The van der Waals surface area contributed by atoms with Gasteiger partial charge in [-0.2, -0.15) is 0 Å². The number of morpholine rings is 1.